The number of anilines is 1. The van der Waals surface area contributed by atoms with Crippen molar-refractivity contribution in [3.8, 4) is 0 Å². The maximum Gasteiger partial charge on any atom is 0.433 e. The van der Waals surface area contributed by atoms with E-state index < -0.39 is 29.2 Å². The summed E-state index contributed by atoms with van der Waals surface area (Å²) in [4.78, 5) is 17.5. The highest BCUT2D eigenvalue weighted by Crippen LogP contribution is 2.58. The Kier molecular flexibility index (Phi) is 5.90. The van der Waals surface area contributed by atoms with Gasteiger partial charge >= 0.3 is 6.18 Å². The molecule has 2 aromatic heterocycles. The van der Waals surface area contributed by atoms with Gasteiger partial charge in [-0.3, -0.25) is 9.48 Å². The number of rotatable bonds is 4. The molecule has 3 aromatic rings. The van der Waals surface area contributed by atoms with Gasteiger partial charge in [-0.15, -0.1) is 0 Å². The number of hydrogen-bond acceptors (Lipinski definition) is 4. The van der Waals surface area contributed by atoms with Crippen LogP contribution in [-0.4, -0.2) is 30.3 Å². The average molecular weight is 526 g/mol. The molecule has 0 aliphatic heterocycles. The Bertz CT molecular complexity index is 1320. The lowest BCUT2D eigenvalue weighted by molar-refractivity contribution is -0.146. The first-order valence-electron chi connectivity index (χ1n) is 11.5. The van der Waals surface area contributed by atoms with E-state index in [-0.39, 0.29) is 41.2 Å². The third kappa shape index (κ3) is 4.17. The van der Waals surface area contributed by atoms with Gasteiger partial charge in [0, 0.05) is 31.3 Å². The number of aromatic nitrogens is 4. The Labute approximate surface area is 209 Å². The highest BCUT2D eigenvalue weighted by atomic mass is 35.5. The molecule has 2 atom stereocenters. The molecule has 1 amide bonds. The molecule has 0 bridgehead atoms. The zero-order valence-electron chi connectivity index (χ0n) is 19.5. The smallest absolute Gasteiger partial charge is 0.385 e. The first-order valence-corrected chi connectivity index (χ1v) is 11.8. The molecule has 2 unspecified atom stereocenters. The van der Waals surface area contributed by atoms with Crippen LogP contribution in [0.5, 0.6) is 0 Å². The molecule has 2 fully saturated rings. The number of imidazole rings is 1. The van der Waals surface area contributed by atoms with Crippen molar-refractivity contribution in [3.05, 3.63) is 64.2 Å². The van der Waals surface area contributed by atoms with Gasteiger partial charge in [-0.05, 0) is 55.7 Å². The van der Waals surface area contributed by atoms with Crippen LogP contribution in [0.25, 0.3) is 0 Å². The minimum atomic E-state index is -4.62. The van der Waals surface area contributed by atoms with Gasteiger partial charge in [0.2, 0.25) is 0 Å². The van der Waals surface area contributed by atoms with Crippen LogP contribution < -0.4 is 5.32 Å². The van der Waals surface area contributed by atoms with Gasteiger partial charge in [-0.2, -0.15) is 18.3 Å². The minimum Gasteiger partial charge on any atom is -0.385 e. The molecule has 2 heterocycles. The fourth-order valence-corrected chi connectivity index (χ4v) is 6.19. The number of hydrogen-bond donors (Lipinski definition) is 2. The second-order valence-electron chi connectivity index (χ2n) is 9.83. The fourth-order valence-electron chi connectivity index (χ4n) is 6.01. The van der Waals surface area contributed by atoms with Crippen molar-refractivity contribution in [2.24, 2.45) is 25.9 Å². The lowest BCUT2D eigenvalue weighted by Gasteiger charge is -2.26. The summed E-state index contributed by atoms with van der Waals surface area (Å²) in [5.41, 5.74) is -1.43. The molecule has 7 nitrogen and oxygen atoms in total. The fraction of sp³-hybridized carbons (Fsp3) is 0.458. The highest BCUT2D eigenvalue weighted by Gasteiger charge is 2.54. The summed E-state index contributed by atoms with van der Waals surface area (Å²) < 4.78 is 56.7. The maximum atomic E-state index is 13.6. The number of nitrogens with zero attached hydrogens (tertiary/aromatic N) is 4. The van der Waals surface area contributed by atoms with Crippen molar-refractivity contribution in [1.29, 1.82) is 0 Å². The van der Waals surface area contributed by atoms with Crippen molar-refractivity contribution >= 4 is 23.2 Å². The van der Waals surface area contributed by atoms with E-state index in [0.29, 0.717) is 29.9 Å². The lowest BCUT2D eigenvalue weighted by Crippen LogP contribution is -2.27. The van der Waals surface area contributed by atoms with E-state index in [9.17, 15) is 27.5 Å². The Hall–Kier alpha value is -2.92. The number of amides is 1. The molecular weight excluding hydrogens is 502 g/mol. The Balaban J connectivity index is 1.34. The Morgan fingerprint density at radius 3 is 2.50 bits per heavy atom. The van der Waals surface area contributed by atoms with E-state index in [1.54, 1.807) is 11.6 Å². The van der Waals surface area contributed by atoms with E-state index in [1.165, 1.54) is 25.5 Å². The molecule has 2 aliphatic rings. The van der Waals surface area contributed by atoms with Gasteiger partial charge in [0.1, 0.15) is 17.2 Å². The van der Waals surface area contributed by atoms with Crippen LogP contribution in [0.15, 0.2) is 30.7 Å². The molecule has 12 heteroatoms. The highest BCUT2D eigenvalue weighted by molar-refractivity contribution is 6.31. The minimum absolute atomic E-state index is 0.0184. The number of carbonyl (C=O) groups is 1. The van der Waals surface area contributed by atoms with E-state index in [0.717, 1.165) is 16.9 Å². The average Bonchev–Trinajstić information content (AvgIpc) is 3.52. The van der Waals surface area contributed by atoms with E-state index in [4.69, 9.17) is 11.6 Å². The number of halogens is 5. The number of aryl methyl sites for hydroxylation is 2. The number of aliphatic hydroxyl groups is 1. The molecule has 1 aromatic carbocycles. The molecule has 2 aliphatic carbocycles. The number of alkyl halides is 3. The van der Waals surface area contributed by atoms with Crippen LogP contribution in [0.1, 0.15) is 59.0 Å². The van der Waals surface area contributed by atoms with E-state index in [1.807, 2.05) is 0 Å². The molecule has 192 valence electrons. The second kappa shape index (κ2) is 8.58. The van der Waals surface area contributed by atoms with Crippen LogP contribution in [0, 0.1) is 17.7 Å². The quantitative estimate of drug-likeness (QED) is 0.469. The van der Waals surface area contributed by atoms with Gasteiger partial charge < -0.3 is 15.0 Å². The van der Waals surface area contributed by atoms with Crippen LogP contribution in [0.3, 0.4) is 0 Å². The Morgan fingerprint density at radius 1 is 1.22 bits per heavy atom. The summed E-state index contributed by atoms with van der Waals surface area (Å²) in [5, 5.41) is 17.6. The zero-order valence-corrected chi connectivity index (χ0v) is 20.2. The molecule has 5 rings (SSSR count). The molecular formula is C24H24ClF4N5O2. The van der Waals surface area contributed by atoms with Gasteiger partial charge in [-0.25, -0.2) is 9.37 Å². The second-order valence-corrected chi connectivity index (χ2v) is 10.2. The Morgan fingerprint density at radius 2 is 1.89 bits per heavy atom. The summed E-state index contributed by atoms with van der Waals surface area (Å²) in [7, 11) is 2.91. The van der Waals surface area contributed by atoms with Gasteiger partial charge in [0.05, 0.1) is 28.8 Å². The standard InChI is InChI=1S/C24H24ClF4N5O2/c1-33-11-30-19(20(33)22(35)32-15-3-4-18(26)17(25)7-15)12-5-13-8-23(36,9-14(13)6-12)16-10-31-34(2)21(16)24(27,28)29/h3-4,7,10-14,36H,5-6,8-9H2,1-2H3,(H,32,35). The predicted molar refractivity (Wildman–Crippen MR) is 123 cm³/mol. The van der Waals surface area contributed by atoms with Crippen LogP contribution in [0.4, 0.5) is 23.2 Å². The summed E-state index contributed by atoms with van der Waals surface area (Å²) in [6.45, 7) is 0. The first kappa shape index (κ1) is 24.8. The normalized spacial score (nSPS) is 25.8. The number of nitrogens with one attached hydrogen (secondary N) is 1. The maximum absolute atomic E-state index is 13.6. The monoisotopic (exact) mass is 525 g/mol. The van der Waals surface area contributed by atoms with Crippen LogP contribution in [0.2, 0.25) is 5.02 Å². The summed E-state index contributed by atoms with van der Waals surface area (Å²) in [5.74, 6) is -1.14. The van der Waals surface area contributed by atoms with Crippen molar-refractivity contribution < 1.29 is 27.5 Å². The lowest BCUT2D eigenvalue weighted by atomic mass is 9.87. The van der Waals surface area contributed by atoms with Gasteiger partial charge in [0.25, 0.3) is 5.91 Å². The molecule has 0 radical (unpaired) electrons. The third-order valence-electron chi connectivity index (χ3n) is 7.49. The summed E-state index contributed by atoms with van der Waals surface area (Å²) in [6, 6.07) is 3.89. The molecule has 0 saturated heterocycles. The van der Waals surface area contributed by atoms with Crippen molar-refractivity contribution in [2.45, 2.75) is 43.4 Å². The summed E-state index contributed by atoms with van der Waals surface area (Å²) >= 11 is 5.81. The van der Waals surface area contributed by atoms with E-state index in [2.05, 4.69) is 15.4 Å². The molecule has 2 saturated carbocycles. The molecule has 36 heavy (non-hydrogen) atoms. The van der Waals surface area contributed by atoms with E-state index >= 15 is 0 Å². The molecule has 0 spiro atoms. The topological polar surface area (TPSA) is 85.0 Å². The van der Waals surface area contributed by atoms with Crippen molar-refractivity contribution in [1.82, 2.24) is 19.3 Å². The summed E-state index contributed by atoms with van der Waals surface area (Å²) in [6.07, 6.45) is -0.414. The SMILES string of the molecule is Cn1cnc(C2CC3CC(O)(c4cnn(C)c4C(F)(F)F)CC3C2)c1C(=O)Nc1ccc(F)c(Cl)c1. The number of fused-ring (bicyclic) bond motifs is 1. The van der Waals surface area contributed by atoms with Gasteiger partial charge in [0.15, 0.2) is 0 Å². The van der Waals surface area contributed by atoms with Crippen LogP contribution >= 0.6 is 11.6 Å². The van der Waals surface area contributed by atoms with Gasteiger partial charge in [-0.1, -0.05) is 11.6 Å². The van der Waals surface area contributed by atoms with Crippen LogP contribution in [-0.2, 0) is 25.9 Å². The molecule has 2 N–H and O–H groups in total. The third-order valence-corrected chi connectivity index (χ3v) is 7.78. The van der Waals surface area contributed by atoms with Crippen molar-refractivity contribution in [2.75, 3.05) is 5.32 Å². The number of carbonyl (C=O) groups excluding carboxylic acids is 1. The van der Waals surface area contributed by atoms with Crippen molar-refractivity contribution in [3.63, 3.8) is 0 Å². The number of benzene rings is 1. The zero-order chi connectivity index (χ0) is 26.0. The predicted octanol–water partition coefficient (Wildman–Crippen LogP) is 5.01. The first-order chi connectivity index (χ1) is 16.9. The largest absolute Gasteiger partial charge is 0.433 e.